The van der Waals surface area contributed by atoms with E-state index in [9.17, 15) is 8.42 Å². The van der Waals surface area contributed by atoms with Crippen LogP contribution >= 0.6 is 10.7 Å². The van der Waals surface area contributed by atoms with Crippen LogP contribution in [0.1, 0.15) is 31.0 Å². The topological polar surface area (TPSA) is 61.2 Å². The Morgan fingerprint density at radius 3 is 2.62 bits per heavy atom. The fourth-order valence-electron chi connectivity index (χ4n) is 1.94. The van der Waals surface area contributed by atoms with Gasteiger partial charge in [0.15, 0.2) is 0 Å². The Balaban J connectivity index is 2.29. The molecule has 0 aliphatic rings. The zero-order valence-corrected chi connectivity index (χ0v) is 13.6. The number of rotatable bonds is 5. The van der Waals surface area contributed by atoms with Gasteiger partial charge in [-0.3, -0.25) is 0 Å². The highest BCUT2D eigenvalue weighted by Gasteiger charge is 2.16. The molecule has 0 N–H and O–H groups in total. The van der Waals surface area contributed by atoms with Crippen LogP contribution in [-0.4, -0.2) is 18.0 Å². The second-order valence-electron chi connectivity index (χ2n) is 5.08. The Labute approximate surface area is 128 Å². The highest BCUT2D eigenvalue weighted by molar-refractivity contribution is 8.13. The maximum atomic E-state index is 11.4. The number of aryl methyl sites for hydroxylation is 1. The van der Waals surface area contributed by atoms with Crippen molar-refractivity contribution < 1.29 is 13.2 Å². The minimum absolute atomic E-state index is 0.0840. The predicted molar refractivity (Wildman–Crippen MR) is 81.1 cm³/mol. The van der Waals surface area contributed by atoms with Crippen LogP contribution in [0.4, 0.5) is 0 Å². The monoisotopic (exact) mass is 328 g/mol. The summed E-state index contributed by atoms with van der Waals surface area (Å²) in [4.78, 5) is 4.11. The molecule has 1 aromatic heterocycles. The van der Waals surface area contributed by atoms with Crippen molar-refractivity contribution >= 4 is 19.7 Å². The van der Waals surface area contributed by atoms with Crippen molar-refractivity contribution in [2.24, 2.45) is 7.05 Å². The van der Waals surface area contributed by atoms with Gasteiger partial charge in [0.05, 0.1) is 23.1 Å². The highest BCUT2D eigenvalue weighted by atomic mass is 35.7. The standard InChI is InChI=1S/C14H17ClN2O3S/c1-10(2)13-6-12(21(15,18)19)4-5-14(13)20-8-11-7-16-9-17(11)3/h4-7,9-10H,8H2,1-3H3. The molecular formula is C14H17ClN2O3S. The van der Waals surface area contributed by atoms with Crippen molar-refractivity contribution in [2.75, 3.05) is 0 Å². The largest absolute Gasteiger partial charge is 0.487 e. The third-order valence-electron chi connectivity index (χ3n) is 3.18. The summed E-state index contributed by atoms with van der Waals surface area (Å²) >= 11 is 0. The van der Waals surface area contributed by atoms with Gasteiger partial charge in [-0.25, -0.2) is 13.4 Å². The number of hydrogen-bond donors (Lipinski definition) is 0. The molecule has 0 aliphatic carbocycles. The average Bonchev–Trinajstić information content (AvgIpc) is 2.80. The third kappa shape index (κ3) is 3.77. The summed E-state index contributed by atoms with van der Waals surface area (Å²) in [6.45, 7) is 4.30. The second kappa shape index (κ2) is 6.07. The predicted octanol–water partition coefficient (Wildman–Crippen LogP) is 3.05. The lowest BCUT2D eigenvalue weighted by molar-refractivity contribution is 0.292. The summed E-state index contributed by atoms with van der Waals surface area (Å²) in [5.41, 5.74) is 1.73. The van der Waals surface area contributed by atoms with Crippen LogP contribution < -0.4 is 4.74 Å². The van der Waals surface area contributed by atoms with E-state index in [1.165, 1.54) is 6.07 Å². The summed E-state index contributed by atoms with van der Waals surface area (Å²) in [6.07, 6.45) is 3.43. The SMILES string of the molecule is CC(C)c1cc(S(=O)(=O)Cl)ccc1OCc1cncn1C. The molecule has 0 bridgehead atoms. The maximum Gasteiger partial charge on any atom is 0.261 e. The highest BCUT2D eigenvalue weighted by Crippen LogP contribution is 2.30. The molecule has 0 saturated carbocycles. The van der Waals surface area contributed by atoms with Crippen LogP contribution in [0, 0.1) is 0 Å². The molecule has 2 rings (SSSR count). The van der Waals surface area contributed by atoms with E-state index in [2.05, 4.69) is 4.98 Å². The number of ether oxygens (including phenoxy) is 1. The smallest absolute Gasteiger partial charge is 0.261 e. The normalized spacial score (nSPS) is 11.9. The van der Waals surface area contributed by atoms with E-state index in [0.717, 1.165) is 11.3 Å². The average molecular weight is 329 g/mol. The summed E-state index contributed by atoms with van der Waals surface area (Å²) in [7, 11) is 3.54. The summed E-state index contributed by atoms with van der Waals surface area (Å²) in [6, 6.07) is 4.65. The molecule has 114 valence electrons. The van der Waals surface area contributed by atoms with E-state index < -0.39 is 9.05 Å². The Bertz CT molecular complexity index is 738. The molecule has 0 saturated heterocycles. The molecule has 0 amide bonds. The second-order valence-corrected chi connectivity index (χ2v) is 7.64. The van der Waals surface area contributed by atoms with E-state index in [1.54, 1.807) is 24.7 Å². The van der Waals surface area contributed by atoms with Gasteiger partial charge in [-0.2, -0.15) is 0 Å². The molecule has 1 heterocycles. The van der Waals surface area contributed by atoms with Gasteiger partial charge in [0, 0.05) is 17.7 Å². The van der Waals surface area contributed by atoms with Crippen LogP contribution in [0.5, 0.6) is 5.75 Å². The van der Waals surface area contributed by atoms with Crippen molar-refractivity contribution in [3.8, 4) is 5.75 Å². The van der Waals surface area contributed by atoms with Crippen molar-refractivity contribution in [1.82, 2.24) is 9.55 Å². The Morgan fingerprint density at radius 2 is 2.10 bits per heavy atom. The first-order valence-electron chi connectivity index (χ1n) is 6.45. The number of aromatic nitrogens is 2. The number of hydrogen-bond acceptors (Lipinski definition) is 4. The quantitative estimate of drug-likeness (QED) is 0.791. The Morgan fingerprint density at radius 1 is 1.38 bits per heavy atom. The fraction of sp³-hybridized carbons (Fsp3) is 0.357. The Kier molecular flexibility index (Phi) is 4.58. The molecular weight excluding hydrogens is 312 g/mol. The van der Waals surface area contributed by atoms with Crippen LogP contribution in [0.25, 0.3) is 0 Å². The van der Waals surface area contributed by atoms with E-state index in [1.807, 2.05) is 25.5 Å². The van der Waals surface area contributed by atoms with Crippen molar-refractivity contribution in [2.45, 2.75) is 31.3 Å². The number of imidazole rings is 1. The van der Waals surface area contributed by atoms with Gasteiger partial charge >= 0.3 is 0 Å². The number of halogens is 1. The molecule has 2 aromatic rings. The lowest BCUT2D eigenvalue weighted by Crippen LogP contribution is -2.04. The first-order valence-corrected chi connectivity index (χ1v) is 8.76. The minimum atomic E-state index is -3.74. The molecule has 0 spiro atoms. The zero-order valence-electron chi connectivity index (χ0n) is 12.1. The summed E-state index contributed by atoms with van der Waals surface area (Å²) < 4.78 is 30.5. The number of nitrogens with zero attached hydrogens (tertiary/aromatic N) is 2. The lowest BCUT2D eigenvalue weighted by atomic mass is 10.0. The van der Waals surface area contributed by atoms with E-state index in [4.69, 9.17) is 15.4 Å². The zero-order chi connectivity index (χ0) is 15.6. The molecule has 1 aromatic carbocycles. The molecule has 5 nitrogen and oxygen atoms in total. The van der Waals surface area contributed by atoms with Gasteiger partial charge in [0.1, 0.15) is 12.4 Å². The van der Waals surface area contributed by atoms with Crippen molar-refractivity contribution in [1.29, 1.82) is 0 Å². The maximum absolute atomic E-state index is 11.4. The molecule has 0 unspecified atom stereocenters. The molecule has 0 radical (unpaired) electrons. The van der Waals surface area contributed by atoms with Crippen LogP contribution in [0.2, 0.25) is 0 Å². The van der Waals surface area contributed by atoms with E-state index >= 15 is 0 Å². The van der Waals surface area contributed by atoms with Gasteiger partial charge in [-0.1, -0.05) is 13.8 Å². The summed E-state index contributed by atoms with van der Waals surface area (Å²) in [5, 5.41) is 0. The van der Waals surface area contributed by atoms with Crippen molar-refractivity contribution in [3.63, 3.8) is 0 Å². The molecule has 0 aliphatic heterocycles. The first-order chi connectivity index (χ1) is 9.79. The van der Waals surface area contributed by atoms with Crippen molar-refractivity contribution in [3.05, 3.63) is 42.0 Å². The molecule has 21 heavy (non-hydrogen) atoms. The van der Waals surface area contributed by atoms with Gasteiger partial charge in [0.25, 0.3) is 9.05 Å². The minimum Gasteiger partial charge on any atom is -0.487 e. The molecule has 7 heteroatoms. The molecule has 0 atom stereocenters. The number of benzene rings is 1. The van der Waals surface area contributed by atoms with Crippen LogP contribution in [0.15, 0.2) is 35.6 Å². The van der Waals surface area contributed by atoms with Crippen LogP contribution in [0.3, 0.4) is 0 Å². The van der Waals surface area contributed by atoms with Gasteiger partial charge in [-0.15, -0.1) is 0 Å². The van der Waals surface area contributed by atoms with Gasteiger partial charge in [-0.05, 0) is 29.7 Å². The van der Waals surface area contributed by atoms with Gasteiger partial charge < -0.3 is 9.30 Å². The fourth-order valence-corrected chi connectivity index (χ4v) is 2.72. The summed E-state index contributed by atoms with van der Waals surface area (Å²) in [5.74, 6) is 0.764. The lowest BCUT2D eigenvalue weighted by Gasteiger charge is -2.15. The van der Waals surface area contributed by atoms with E-state index in [-0.39, 0.29) is 10.8 Å². The van der Waals surface area contributed by atoms with Crippen LogP contribution in [-0.2, 0) is 22.7 Å². The Hall–Kier alpha value is -1.53. The molecule has 0 fully saturated rings. The first kappa shape index (κ1) is 15.9. The third-order valence-corrected chi connectivity index (χ3v) is 4.53. The van der Waals surface area contributed by atoms with Gasteiger partial charge in [0.2, 0.25) is 0 Å². The van der Waals surface area contributed by atoms with E-state index in [0.29, 0.717) is 12.4 Å².